The van der Waals surface area contributed by atoms with Gasteiger partial charge in [-0.15, -0.1) is 0 Å². The third kappa shape index (κ3) is 19.0. The molecular weight excluding hydrogens is 1090 g/mol. The van der Waals surface area contributed by atoms with Crippen LogP contribution in [0.25, 0.3) is 0 Å². The first kappa shape index (κ1) is 63.1. The number of amides is 2. The van der Waals surface area contributed by atoms with E-state index in [0.29, 0.717) is 35.5 Å². The molecule has 2 unspecified atom stereocenters. The maximum Gasteiger partial charge on any atom is 0.380 e. The van der Waals surface area contributed by atoms with Gasteiger partial charge in [0.1, 0.15) is 60.3 Å². The number of para-hydroxylation sites is 2. The lowest BCUT2D eigenvalue weighted by atomic mass is 9.98. The minimum absolute atomic E-state index is 0.00606. The fourth-order valence-corrected chi connectivity index (χ4v) is 13.4. The van der Waals surface area contributed by atoms with Crippen LogP contribution in [-0.4, -0.2) is 146 Å². The van der Waals surface area contributed by atoms with E-state index in [2.05, 4.69) is 0 Å². The minimum Gasteiger partial charge on any atom is -0.462 e. The number of nitrogens with two attached hydrogens (primary N) is 2. The van der Waals surface area contributed by atoms with Gasteiger partial charge in [-0.25, -0.2) is 4.57 Å². The number of aliphatic hydroxyl groups is 5. The highest BCUT2D eigenvalue weighted by Crippen LogP contribution is 2.54. The molecule has 2 saturated heterocycles. The summed E-state index contributed by atoms with van der Waals surface area (Å²) in [6, 6.07) is 17.2. The van der Waals surface area contributed by atoms with Crippen LogP contribution in [0.15, 0.2) is 109 Å². The van der Waals surface area contributed by atoms with Crippen molar-refractivity contribution < 1.29 is 86.4 Å². The number of benzene rings is 2. The number of primary amides is 2. The molecule has 2 saturated carbocycles. The average molecular weight is 1170 g/mol. The minimum atomic E-state index is -3.95. The molecule has 436 valence electrons. The van der Waals surface area contributed by atoms with E-state index in [4.69, 9.17) is 60.3 Å². The van der Waals surface area contributed by atoms with Crippen LogP contribution >= 0.6 is 25.6 Å². The van der Waals surface area contributed by atoms with Crippen molar-refractivity contribution in [2.24, 2.45) is 23.3 Å². The Kier molecular flexibility index (Phi) is 24.0. The number of allylic oxidation sites excluding steroid dienone is 2. The van der Waals surface area contributed by atoms with E-state index in [9.17, 15) is 48.7 Å². The van der Waals surface area contributed by atoms with Crippen LogP contribution in [0.4, 0.5) is 0 Å². The molecule has 0 radical (unpaired) electrons. The monoisotopic (exact) mass is 1160 g/mol. The highest BCUT2D eigenvalue weighted by atomic mass is 35.7. The number of hydrogen-bond donors (Lipinski definition) is 7. The van der Waals surface area contributed by atoms with Crippen LogP contribution in [0.1, 0.15) is 90.9 Å². The second-order valence-corrected chi connectivity index (χ2v) is 25.6. The van der Waals surface area contributed by atoms with Gasteiger partial charge in [0, 0.05) is 35.9 Å². The van der Waals surface area contributed by atoms with Crippen LogP contribution in [0.3, 0.4) is 0 Å². The molecule has 4 aliphatic heterocycles. The number of rotatable bonds is 20. The SMILES string of the molecule is C[C@H](CP(=O)(Cl)Oc1ccccc1)C(=O)OC1CCCCC1.C[C@H](CP(=O)(OC[C@H]1O[C@@H](N2C=CCC(C(N)=O)=C2)[C@H](O)[C@@H]1O)Oc1ccccc1)C(=O)OC1CCCCC1.NC(=O)C1=CN([C@@H]2O[C@H](CO)[C@@H](O)[C@H]2O)C=CC1. The van der Waals surface area contributed by atoms with Gasteiger partial charge in [-0.3, -0.25) is 28.3 Å². The molecule has 9 N–H and O–H groups in total. The molecule has 0 bridgehead atoms. The Morgan fingerprint density at radius 3 is 1.48 bits per heavy atom. The first-order chi connectivity index (χ1) is 37.7. The van der Waals surface area contributed by atoms with E-state index >= 15 is 0 Å². The quantitative estimate of drug-likeness (QED) is 0.0604. The standard InChI is InChI=1S/C27H37N2O9P.C16H22ClO4P.C11H16N2O5/c1-18(27(33)36-20-10-4-2-5-11-20)17-39(34,38-21-12-6-3-7-13-21)35-16-22-23(30)24(31)26(37-22)29-14-8-9-19(15-29)25(28)32;1-13(16(18)20-14-8-4-2-5-9-14)12-22(17,19)21-15-10-6-3-7-11-15;12-10(17)6-2-1-3-13(4-6)11-9(16)8(15)7(5-14)18-11/h3,6-8,12-15,18,20,22-24,26,30-31H,2,4-5,9-11,16-17H2,1H3,(H2,28,32);3,6-7,10-11,13-14H,2,4-5,8-9,12H2,1H3;1,3-4,7-9,11,14-16H,2,5H2,(H2,12,17)/t18-,22-,23-,24-,26-,39?;13-,22?;7-,8-,9-,11-/m111/s1. The molecule has 8 rings (SSSR count). The van der Waals surface area contributed by atoms with E-state index in [0.717, 1.165) is 57.8 Å². The normalized spacial score (nSPS) is 27.4. The molecule has 2 aromatic carbocycles. The van der Waals surface area contributed by atoms with Gasteiger partial charge in [-0.2, -0.15) is 0 Å². The van der Waals surface area contributed by atoms with Crippen LogP contribution in [0.2, 0.25) is 0 Å². The van der Waals surface area contributed by atoms with Gasteiger partial charge in [0.15, 0.2) is 12.5 Å². The molecule has 25 heteroatoms. The largest absolute Gasteiger partial charge is 0.462 e. The summed E-state index contributed by atoms with van der Waals surface area (Å²) in [6.45, 7) is -0.891. The number of halogens is 1. The van der Waals surface area contributed by atoms with Crippen LogP contribution in [-0.2, 0) is 51.8 Å². The van der Waals surface area contributed by atoms with Crippen molar-refractivity contribution in [2.75, 3.05) is 25.5 Å². The second kappa shape index (κ2) is 30.1. The molecule has 4 fully saturated rings. The molecule has 2 aromatic rings. The van der Waals surface area contributed by atoms with Crippen molar-refractivity contribution in [3.05, 3.63) is 109 Å². The molecular formula is C54H75ClN4O18P2. The molecule has 2 aliphatic carbocycles. The number of esters is 2. The third-order valence-electron chi connectivity index (χ3n) is 13.8. The van der Waals surface area contributed by atoms with Gasteiger partial charge in [-0.1, -0.05) is 75.2 Å². The first-order valence-corrected chi connectivity index (χ1v) is 31.1. The maximum atomic E-state index is 13.9. The van der Waals surface area contributed by atoms with Gasteiger partial charge in [0.05, 0.1) is 37.4 Å². The van der Waals surface area contributed by atoms with E-state index in [1.54, 1.807) is 93.0 Å². The molecule has 4 heterocycles. The summed E-state index contributed by atoms with van der Waals surface area (Å²) in [4.78, 5) is 50.4. The Balaban J connectivity index is 0.000000212. The Morgan fingerprint density at radius 1 is 0.633 bits per heavy atom. The van der Waals surface area contributed by atoms with E-state index in [-0.39, 0.29) is 37.1 Å². The molecule has 22 nitrogen and oxygen atoms in total. The van der Waals surface area contributed by atoms with Gasteiger partial charge in [-0.05, 0) is 99.7 Å². The van der Waals surface area contributed by atoms with Crippen molar-refractivity contribution in [2.45, 2.75) is 152 Å². The number of carbonyl (C=O) groups excluding carboxylic acids is 4. The van der Waals surface area contributed by atoms with E-state index in [1.807, 2.05) is 6.07 Å². The van der Waals surface area contributed by atoms with Crippen molar-refractivity contribution in [1.29, 1.82) is 0 Å². The predicted molar refractivity (Wildman–Crippen MR) is 289 cm³/mol. The van der Waals surface area contributed by atoms with Crippen molar-refractivity contribution in [1.82, 2.24) is 9.80 Å². The van der Waals surface area contributed by atoms with E-state index in [1.165, 1.54) is 28.6 Å². The molecule has 2 amide bonds. The number of aliphatic hydroxyl groups excluding tert-OH is 5. The van der Waals surface area contributed by atoms with Gasteiger partial charge < -0.3 is 74.8 Å². The Hall–Kier alpha value is -5.09. The summed E-state index contributed by atoms with van der Waals surface area (Å²) < 4.78 is 65.3. The number of carbonyl (C=O) groups is 4. The summed E-state index contributed by atoms with van der Waals surface area (Å²) in [5.41, 5.74) is 11.3. The lowest BCUT2D eigenvalue weighted by Crippen LogP contribution is -2.40. The molecule has 6 aliphatic rings. The fraction of sp³-hybridized carbons (Fsp3) is 0.556. The summed E-state index contributed by atoms with van der Waals surface area (Å²) in [7, 11) is -3.95. The fourth-order valence-electron chi connectivity index (χ4n) is 9.40. The number of ether oxygens (including phenoxy) is 4. The average Bonchev–Trinajstić information content (AvgIpc) is 3.96. The Labute approximate surface area is 465 Å². The van der Waals surface area contributed by atoms with Gasteiger partial charge >= 0.3 is 26.3 Å². The van der Waals surface area contributed by atoms with Gasteiger partial charge in [0.2, 0.25) is 11.8 Å². The first-order valence-electron chi connectivity index (χ1n) is 26.6. The van der Waals surface area contributed by atoms with Crippen molar-refractivity contribution in [3.63, 3.8) is 0 Å². The van der Waals surface area contributed by atoms with Crippen LogP contribution in [0.5, 0.6) is 11.5 Å². The van der Waals surface area contributed by atoms with Crippen LogP contribution in [0, 0.1) is 11.8 Å². The van der Waals surface area contributed by atoms with Crippen molar-refractivity contribution >= 4 is 49.3 Å². The Morgan fingerprint density at radius 2 is 1.05 bits per heavy atom. The topological polar surface area (TPSA) is 327 Å². The van der Waals surface area contributed by atoms with Gasteiger partial charge in [0.25, 0.3) is 0 Å². The zero-order valence-electron chi connectivity index (χ0n) is 44.3. The third-order valence-corrected chi connectivity index (χ3v) is 17.9. The summed E-state index contributed by atoms with van der Waals surface area (Å²) in [5.74, 6) is -2.55. The summed E-state index contributed by atoms with van der Waals surface area (Å²) in [5, 5.41) is 49.7. The lowest BCUT2D eigenvalue weighted by molar-refractivity contribution is -0.155. The number of nitrogens with zero attached hydrogens (tertiary/aromatic N) is 2. The highest BCUT2D eigenvalue weighted by Gasteiger charge is 2.47. The molecule has 79 heavy (non-hydrogen) atoms. The smallest absolute Gasteiger partial charge is 0.380 e. The molecule has 0 spiro atoms. The van der Waals surface area contributed by atoms with E-state index < -0.39 is 99.6 Å². The van der Waals surface area contributed by atoms with Crippen LogP contribution < -0.4 is 20.5 Å². The molecule has 0 aromatic heterocycles. The summed E-state index contributed by atoms with van der Waals surface area (Å²) in [6.07, 6.45) is 11.0. The second-order valence-electron chi connectivity index (χ2n) is 20.3. The summed E-state index contributed by atoms with van der Waals surface area (Å²) >= 11 is 5.98. The lowest BCUT2D eigenvalue weighted by Gasteiger charge is -2.28. The molecule has 12 atom stereocenters. The predicted octanol–water partition coefficient (Wildman–Crippen LogP) is 5.85. The Bertz CT molecular complexity index is 2550. The zero-order valence-corrected chi connectivity index (χ0v) is 46.9. The maximum absolute atomic E-state index is 13.9. The van der Waals surface area contributed by atoms with Crippen molar-refractivity contribution in [3.8, 4) is 11.5 Å². The number of hydrogen-bond acceptors (Lipinski definition) is 20. The zero-order chi connectivity index (χ0) is 57.3. The highest BCUT2D eigenvalue weighted by molar-refractivity contribution is 7.85.